The van der Waals surface area contributed by atoms with E-state index in [0.29, 0.717) is 13.0 Å². The van der Waals surface area contributed by atoms with Crippen LogP contribution in [0.4, 0.5) is 10.1 Å². The number of nitrogens with one attached hydrogen (secondary N) is 1. The van der Waals surface area contributed by atoms with Gasteiger partial charge in [-0.3, -0.25) is 4.79 Å². The lowest BCUT2D eigenvalue weighted by Gasteiger charge is -2.28. The second-order valence-electron chi connectivity index (χ2n) is 6.29. The summed E-state index contributed by atoms with van der Waals surface area (Å²) in [7, 11) is 0. The third-order valence-corrected chi connectivity index (χ3v) is 4.43. The minimum absolute atomic E-state index is 0.0231. The Morgan fingerprint density at radius 3 is 2.21 bits per heavy atom. The lowest BCUT2D eigenvalue weighted by Crippen LogP contribution is -2.29. The molecule has 0 unspecified atom stereocenters. The largest absolute Gasteiger partial charge is 0.372 e. The number of nitrogens with zero attached hydrogens (tertiary/aromatic N) is 1. The molecule has 1 saturated heterocycles. The average Bonchev–Trinajstić information content (AvgIpc) is 2.63. The molecule has 4 heteroatoms. The van der Waals surface area contributed by atoms with Gasteiger partial charge in [0.25, 0.3) is 0 Å². The van der Waals surface area contributed by atoms with Gasteiger partial charge in [0.1, 0.15) is 5.82 Å². The van der Waals surface area contributed by atoms with Gasteiger partial charge in [0.2, 0.25) is 5.91 Å². The zero-order chi connectivity index (χ0) is 16.8. The molecule has 3 nitrogen and oxygen atoms in total. The van der Waals surface area contributed by atoms with Gasteiger partial charge in [-0.15, -0.1) is 0 Å². The van der Waals surface area contributed by atoms with Crippen molar-refractivity contribution < 1.29 is 9.18 Å². The molecule has 1 fully saturated rings. The van der Waals surface area contributed by atoms with Gasteiger partial charge in [-0.1, -0.05) is 24.3 Å². The number of rotatable bonds is 5. The Kier molecular flexibility index (Phi) is 5.47. The number of hydrogen-bond acceptors (Lipinski definition) is 2. The molecule has 0 aliphatic carbocycles. The molecule has 2 aromatic rings. The molecule has 1 N–H and O–H groups in total. The summed E-state index contributed by atoms with van der Waals surface area (Å²) in [6, 6.07) is 14.4. The van der Waals surface area contributed by atoms with Crippen molar-refractivity contribution >= 4 is 11.6 Å². The maximum absolute atomic E-state index is 12.8. The highest BCUT2D eigenvalue weighted by molar-refractivity contribution is 5.78. The van der Waals surface area contributed by atoms with E-state index in [1.165, 1.54) is 37.1 Å². The Balaban J connectivity index is 1.49. The highest BCUT2D eigenvalue weighted by Gasteiger charge is 2.11. The standard InChI is InChI=1S/C20H23FN2O/c21-18-8-4-17(5-9-18)15-22-20(24)14-16-6-10-19(11-7-16)23-12-2-1-3-13-23/h4-11H,1-3,12-15H2,(H,22,24). The Labute approximate surface area is 142 Å². The van der Waals surface area contributed by atoms with Crippen molar-refractivity contribution in [3.05, 3.63) is 65.5 Å². The lowest BCUT2D eigenvalue weighted by molar-refractivity contribution is -0.120. The van der Waals surface area contributed by atoms with Gasteiger partial charge in [0.05, 0.1) is 6.42 Å². The van der Waals surface area contributed by atoms with Gasteiger partial charge in [0.15, 0.2) is 0 Å². The minimum atomic E-state index is -0.265. The number of halogens is 1. The van der Waals surface area contributed by atoms with Crippen LogP contribution in [-0.2, 0) is 17.8 Å². The summed E-state index contributed by atoms with van der Waals surface area (Å²) < 4.78 is 12.8. The van der Waals surface area contributed by atoms with Crippen LogP contribution in [0.15, 0.2) is 48.5 Å². The maximum Gasteiger partial charge on any atom is 0.224 e. The maximum atomic E-state index is 12.8. The second-order valence-corrected chi connectivity index (χ2v) is 6.29. The predicted molar refractivity (Wildman–Crippen MR) is 94.5 cm³/mol. The van der Waals surface area contributed by atoms with Crippen molar-refractivity contribution in [1.82, 2.24) is 5.32 Å². The second kappa shape index (κ2) is 7.95. The van der Waals surface area contributed by atoms with Crippen molar-refractivity contribution in [2.75, 3.05) is 18.0 Å². The third kappa shape index (κ3) is 4.57. The first kappa shape index (κ1) is 16.5. The molecule has 1 heterocycles. The number of carbonyl (C=O) groups excluding carboxylic acids is 1. The summed E-state index contributed by atoms with van der Waals surface area (Å²) in [6.07, 6.45) is 4.20. The SMILES string of the molecule is O=C(Cc1ccc(N2CCCCC2)cc1)NCc1ccc(F)cc1. The number of anilines is 1. The monoisotopic (exact) mass is 326 g/mol. The molecule has 0 aromatic heterocycles. The third-order valence-electron chi connectivity index (χ3n) is 4.43. The average molecular weight is 326 g/mol. The normalized spacial score (nSPS) is 14.5. The zero-order valence-electron chi connectivity index (χ0n) is 13.8. The first-order chi connectivity index (χ1) is 11.7. The molecule has 0 radical (unpaired) electrons. The number of hydrogen-bond donors (Lipinski definition) is 1. The summed E-state index contributed by atoms with van der Waals surface area (Å²) in [5.41, 5.74) is 3.14. The highest BCUT2D eigenvalue weighted by Crippen LogP contribution is 2.20. The first-order valence-electron chi connectivity index (χ1n) is 8.56. The summed E-state index contributed by atoms with van der Waals surface area (Å²) in [4.78, 5) is 14.4. The minimum Gasteiger partial charge on any atom is -0.372 e. The van der Waals surface area contributed by atoms with E-state index >= 15 is 0 Å². The molecular weight excluding hydrogens is 303 g/mol. The van der Waals surface area contributed by atoms with Crippen molar-refractivity contribution in [3.63, 3.8) is 0 Å². The summed E-state index contributed by atoms with van der Waals surface area (Å²) in [5.74, 6) is -0.288. The molecule has 2 aromatic carbocycles. The van der Waals surface area contributed by atoms with Crippen LogP contribution in [0, 0.1) is 5.82 Å². The van der Waals surface area contributed by atoms with E-state index in [4.69, 9.17) is 0 Å². The van der Waals surface area contributed by atoms with Crippen LogP contribution in [0.5, 0.6) is 0 Å². The van der Waals surface area contributed by atoms with E-state index in [2.05, 4.69) is 22.3 Å². The van der Waals surface area contributed by atoms with Gasteiger partial charge < -0.3 is 10.2 Å². The number of benzene rings is 2. The predicted octanol–water partition coefficient (Wildman–Crippen LogP) is 3.67. The van der Waals surface area contributed by atoms with Gasteiger partial charge in [-0.25, -0.2) is 4.39 Å². The molecule has 0 bridgehead atoms. The van der Waals surface area contributed by atoms with E-state index in [1.807, 2.05) is 12.1 Å². The molecule has 3 rings (SSSR count). The van der Waals surface area contributed by atoms with E-state index in [9.17, 15) is 9.18 Å². The zero-order valence-corrected chi connectivity index (χ0v) is 13.8. The Bertz CT molecular complexity index is 661. The molecule has 0 saturated carbocycles. The fourth-order valence-electron chi connectivity index (χ4n) is 3.03. The quantitative estimate of drug-likeness (QED) is 0.909. The molecule has 0 atom stereocenters. The van der Waals surface area contributed by atoms with Crippen LogP contribution >= 0.6 is 0 Å². The van der Waals surface area contributed by atoms with E-state index < -0.39 is 0 Å². The van der Waals surface area contributed by atoms with Gasteiger partial charge in [0, 0.05) is 25.3 Å². The van der Waals surface area contributed by atoms with Crippen LogP contribution in [0.3, 0.4) is 0 Å². The molecule has 1 aliphatic rings. The summed E-state index contributed by atoms with van der Waals surface area (Å²) in [5, 5.41) is 2.87. The van der Waals surface area contributed by atoms with Crippen LogP contribution in [0.1, 0.15) is 30.4 Å². The van der Waals surface area contributed by atoms with Gasteiger partial charge >= 0.3 is 0 Å². The molecule has 1 amide bonds. The Morgan fingerprint density at radius 1 is 0.917 bits per heavy atom. The number of carbonyl (C=O) groups is 1. The smallest absolute Gasteiger partial charge is 0.224 e. The number of amides is 1. The topological polar surface area (TPSA) is 32.3 Å². The van der Waals surface area contributed by atoms with Gasteiger partial charge in [-0.05, 0) is 54.7 Å². The van der Waals surface area contributed by atoms with Crippen molar-refractivity contribution in [1.29, 1.82) is 0 Å². The van der Waals surface area contributed by atoms with E-state index in [0.717, 1.165) is 24.2 Å². The van der Waals surface area contributed by atoms with Crippen LogP contribution < -0.4 is 10.2 Å². The Hall–Kier alpha value is -2.36. The van der Waals surface area contributed by atoms with Crippen molar-refractivity contribution in [2.45, 2.75) is 32.2 Å². The van der Waals surface area contributed by atoms with E-state index in [-0.39, 0.29) is 11.7 Å². The van der Waals surface area contributed by atoms with Crippen molar-refractivity contribution in [2.24, 2.45) is 0 Å². The molecule has 24 heavy (non-hydrogen) atoms. The van der Waals surface area contributed by atoms with Crippen LogP contribution in [0.25, 0.3) is 0 Å². The fourth-order valence-corrected chi connectivity index (χ4v) is 3.03. The highest BCUT2D eigenvalue weighted by atomic mass is 19.1. The molecule has 126 valence electrons. The number of piperidine rings is 1. The van der Waals surface area contributed by atoms with Gasteiger partial charge in [-0.2, -0.15) is 0 Å². The van der Waals surface area contributed by atoms with Crippen LogP contribution in [-0.4, -0.2) is 19.0 Å². The summed E-state index contributed by atoms with van der Waals surface area (Å²) >= 11 is 0. The summed E-state index contributed by atoms with van der Waals surface area (Å²) in [6.45, 7) is 2.67. The van der Waals surface area contributed by atoms with E-state index in [1.54, 1.807) is 12.1 Å². The van der Waals surface area contributed by atoms with Crippen molar-refractivity contribution in [3.8, 4) is 0 Å². The first-order valence-corrected chi connectivity index (χ1v) is 8.56. The fraction of sp³-hybridized carbons (Fsp3) is 0.350. The Morgan fingerprint density at radius 2 is 1.54 bits per heavy atom. The lowest BCUT2D eigenvalue weighted by atomic mass is 10.1. The molecule has 1 aliphatic heterocycles. The molecule has 0 spiro atoms. The van der Waals surface area contributed by atoms with Crippen LogP contribution in [0.2, 0.25) is 0 Å². The molecular formula is C20H23FN2O.